The Labute approximate surface area is 212 Å². The van der Waals surface area contributed by atoms with Gasteiger partial charge in [0.2, 0.25) is 5.91 Å². The SMILES string of the molecule is COc1ccc(CCN2C(=O)[C@@H](CC(C)C)NC23CCN(C(=O)c2cccc(F)c2)CC3)cc1OC. The van der Waals surface area contributed by atoms with E-state index in [4.69, 9.17) is 9.47 Å². The molecule has 2 saturated heterocycles. The lowest BCUT2D eigenvalue weighted by Crippen LogP contribution is -2.60. The van der Waals surface area contributed by atoms with Crippen LogP contribution in [0.5, 0.6) is 11.5 Å². The fraction of sp³-hybridized carbons (Fsp3) is 0.500. The molecule has 0 aliphatic carbocycles. The van der Waals surface area contributed by atoms with E-state index in [-0.39, 0.29) is 17.9 Å². The smallest absolute Gasteiger partial charge is 0.253 e. The lowest BCUT2D eigenvalue weighted by atomic mass is 9.94. The number of nitrogens with zero attached hydrogens (tertiary/aromatic N) is 2. The number of ether oxygens (including phenoxy) is 2. The van der Waals surface area contributed by atoms with Crippen molar-refractivity contribution in [1.29, 1.82) is 0 Å². The third-order valence-electron chi connectivity index (χ3n) is 7.25. The Balaban J connectivity index is 1.50. The van der Waals surface area contributed by atoms with Crippen molar-refractivity contribution in [2.75, 3.05) is 33.9 Å². The normalized spacial score (nSPS) is 19.3. The third kappa shape index (κ3) is 5.33. The summed E-state index contributed by atoms with van der Waals surface area (Å²) in [6.07, 6.45) is 2.69. The van der Waals surface area contributed by atoms with Gasteiger partial charge in [-0.15, -0.1) is 0 Å². The number of carbonyl (C=O) groups is 2. The van der Waals surface area contributed by atoms with Gasteiger partial charge in [-0.05, 0) is 54.7 Å². The largest absolute Gasteiger partial charge is 0.493 e. The Bertz CT molecular complexity index is 1100. The summed E-state index contributed by atoms with van der Waals surface area (Å²) in [6, 6.07) is 11.4. The van der Waals surface area contributed by atoms with Crippen LogP contribution >= 0.6 is 0 Å². The summed E-state index contributed by atoms with van der Waals surface area (Å²) in [4.78, 5) is 30.2. The summed E-state index contributed by atoms with van der Waals surface area (Å²) in [5.74, 6) is 1.24. The molecule has 2 aliphatic heterocycles. The molecule has 1 spiro atoms. The minimum absolute atomic E-state index is 0.120. The van der Waals surface area contributed by atoms with Gasteiger partial charge in [-0.1, -0.05) is 26.0 Å². The molecule has 194 valence electrons. The van der Waals surface area contributed by atoms with Crippen molar-refractivity contribution in [1.82, 2.24) is 15.1 Å². The van der Waals surface area contributed by atoms with Crippen molar-refractivity contribution in [2.45, 2.75) is 51.2 Å². The molecule has 2 aromatic carbocycles. The van der Waals surface area contributed by atoms with Crippen LogP contribution in [0.15, 0.2) is 42.5 Å². The Morgan fingerprint density at radius 1 is 1.11 bits per heavy atom. The Morgan fingerprint density at radius 3 is 2.47 bits per heavy atom. The Kier molecular flexibility index (Phi) is 7.83. The molecule has 36 heavy (non-hydrogen) atoms. The van der Waals surface area contributed by atoms with Crippen LogP contribution in [0.25, 0.3) is 0 Å². The van der Waals surface area contributed by atoms with Crippen molar-refractivity contribution >= 4 is 11.8 Å². The zero-order chi connectivity index (χ0) is 25.9. The number of hydrogen-bond donors (Lipinski definition) is 1. The summed E-state index contributed by atoms with van der Waals surface area (Å²) >= 11 is 0. The van der Waals surface area contributed by atoms with Crippen LogP contribution < -0.4 is 14.8 Å². The van der Waals surface area contributed by atoms with E-state index >= 15 is 0 Å². The van der Waals surface area contributed by atoms with Crippen LogP contribution in [-0.2, 0) is 11.2 Å². The predicted octanol–water partition coefficient (Wildman–Crippen LogP) is 3.86. The molecule has 0 bridgehead atoms. The molecule has 8 heteroatoms. The maximum absolute atomic E-state index is 13.7. The Hall–Kier alpha value is -3.13. The van der Waals surface area contributed by atoms with Gasteiger partial charge < -0.3 is 19.3 Å². The molecule has 2 amide bonds. The number of amides is 2. The van der Waals surface area contributed by atoms with E-state index in [0.717, 1.165) is 12.0 Å². The molecule has 7 nitrogen and oxygen atoms in total. The molecule has 4 rings (SSSR count). The van der Waals surface area contributed by atoms with Gasteiger partial charge in [0.05, 0.1) is 25.9 Å². The summed E-state index contributed by atoms with van der Waals surface area (Å²) in [5.41, 5.74) is 0.914. The van der Waals surface area contributed by atoms with E-state index in [1.165, 1.54) is 12.1 Å². The van der Waals surface area contributed by atoms with Crippen molar-refractivity contribution in [3.05, 3.63) is 59.4 Å². The number of benzene rings is 2. The summed E-state index contributed by atoms with van der Waals surface area (Å²) in [7, 11) is 3.22. The number of nitrogens with one attached hydrogen (secondary N) is 1. The van der Waals surface area contributed by atoms with Crippen LogP contribution in [0.1, 0.15) is 49.0 Å². The lowest BCUT2D eigenvalue weighted by molar-refractivity contribution is -0.133. The average Bonchev–Trinajstić information content (AvgIpc) is 3.11. The Morgan fingerprint density at radius 2 is 1.83 bits per heavy atom. The van der Waals surface area contributed by atoms with Gasteiger partial charge in [-0.2, -0.15) is 0 Å². The molecule has 2 aromatic rings. The number of rotatable bonds is 8. The number of halogens is 1. The highest BCUT2D eigenvalue weighted by molar-refractivity contribution is 5.94. The molecule has 0 radical (unpaired) electrons. The van der Waals surface area contributed by atoms with Gasteiger partial charge in [0.1, 0.15) is 5.82 Å². The summed E-state index contributed by atoms with van der Waals surface area (Å²) < 4.78 is 24.4. The van der Waals surface area contributed by atoms with Gasteiger partial charge in [0.25, 0.3) is 5.91 Å². The molecule has 2 fully saturated rings. The molecular formula is C28H36FN3O4. The van der Waals surface area contributed by atoms with Gasteiger partial charge >= 0.3 is 0 Å². The van der Waals surface area contributed by atoms with Crippen molar-refractivity contribution in [3.63, 3.8) is 0 Å². The number of likely N-dealkylation sites (tertiary alicyclic amines) is 1. The first-order valence-corrected chi connectivity index (χ1v) is 12.6. The molecule has 1 N–H and O–H groups in total. The van der Waals surface area contributed by atoms with Gasteiger partial charge in [0.15, 0.2) is 11.5 Å². The molecule has 1 atom stereocenters. The molecule has 0 aromatic heterocycles. The number of carbonyl (C=O) groups excluding carboxylic acids is 2. The zero-order valence-electron chi connectivity index (χ0n) is 21.6. The number of piperidine rings is 1. The predicted molar refractivity (Wildman–Crippen MR) is 136 cm³/mol. The summed E-state index contributed by atoms with van der Waals surface area (Å²) in [6.45, 7) is 5.80. The average molecular weight is 498 g/mol. The van der Waals surface area contributed by atoms with E-state index in [9.17, 15) is 14.0 Å². The van der Waals surface area contributed by atoms with Crippen LogP contribution in [0, 0.1) is 11.7 Å². The standard InChI is InChI=1S/C28H36FN3O4/c1-19(2)16-23-27(34)32(13-10-20-8-9-24(35-3)25(17-20)36-4)28(30-23)11-14-31(15-12-28)26(33)21-6-5-7-22(29)18-21/h5-9,17-19,23,30H,10-16H2,1-4H3/t23-/m1/s1. The van der Waals surface area contributed by atoms with Crippen molar-refractivity contribution < 1.29 is 23.5 Å². The monoisotopic (exact) mass is 497 g/mol. The van der Waals surface area contributed by atoms with Crippen LogP contribution in [0.3, 0.4) is 0 Å². The van der Waals surface area contributed by atoms with Crippen LogP contribution in [-0.4, -0.2) is 67.2 Å². The second-order valence-electron chi connectivity index (χ2n) is 10.1. The van der Waals surface area contributed by atoms with E-state index in [2.05, 4.69) is 19.2 Å². The van der Waals surface area contributed by atoms with Gasteiger partial charge in [0, 0.05) is 38.0 Å². The fourth-order valence-corrected chi connectivity index (χ4v) is 5.39. The van der Waals surface area contributed by atoms with E-state index < -0.39 is 11.5 Å². The van der Waals surface area contributed by atoms with E-state index in [1.54, 1.807) is 31.3 Å². The van der Waals surface area contributed by atoms with E-state index in [0.29, 0.717) is 61.9 Å². The highest BCUT2D eigenvalue weighted by Crippen LogP contribution is 2.35. The minimum Gasteiger partial charge on any atom is -0.493 e. The lowest BCUT2D eigenvalue weighted by Gasteiger charge is -2.44. The zero-order valence-corrected chi connectivity index (χ0v) is 21.6. The second-order valence-corrected chi connectivity index (χ2v) is 10.1. The maximum atomic E-state index is 13.7. The number of hydrogen-bond acceptors (Lipinski definition) is 5. The van der Waals surface area contributed by atoms with Crippen LogP contribution in [0.2, 0.25) is 0 Å². The van der Waals surface area contributed by atoms with Gasteiger partial charge in [-0.3, -0.25) is 14.9 Å². The highest BCUT2D eigenvalue weighted by Gasteiger charge is 2.51. The molecule has 0 unspecified atom stereocenters. The molecule has 2 aliphatic rings. The quantitative estimate of drug-likeness (QED) is 0.600. The maximum Gasteiger partial charge on any atom is 0.253 e. The molecule has 2 heterocycles. The van der Waals surface area contributed by atoms with E-state index in [1.807, 2.05) is 23.1 Å². The van der Waals surface area contributed by atoms with Crippen LogP contribution in [0.4, 0.5) is 4.39 Å². The first-order chi connectivity index (χ1) is 17.3. The van der Waals surface area contributed by atoms with Gasteiger partial charge in [-0.25, -0.2) is 4.39 Å². The first kappa shape index (κ1) is 25.9. The fourth-order valence-electron chi connectivity index (χ4n) is 5.39. The highest BCUT2D eigenvalue weighted by atomic mass is 19.1. The first-order valence-electron chi connectivity index (χ1n) is 12.6. The van der Waals surface area contributed by atoms with Crippen molar-refractivity contribution in [3.8, 4) is 11.5 Å². The second kappa shape index (κ2) is 10.9. The molecule has 0 saturated carbocycles. The van der Waals surface area contributed by atoms with Crippen molar-refractivity contribution in [2.24, 2.45) is 5.92 Å². The topological polar surface area (TPSA) is 71.1 Å². The minimum atomic E-state index is -0.494. The number of methoxy groups -OCH3 is 2. The summed E-state index contributed by atoms with van der Waals surface area (Å²) in [5, 5.41) is 3.66. The third-order valence-corrected chi connectivity index (χ3v) is 7.25. The molecular weight excluding hydrogens is 461 g/mol.